The molecular weight excluding hydrogens is 336 g/mol. The summed E-state index contributed by atoms with van der Waals surface area (Å²) in [5.41, 5.74) is 3.84. The molecule has 1 amide bonds. The number of carbonyl (C=O) groups excluding carboxylic acids is 1. The van der Waals surface area contributed by atoms with Gasteiger partial charge in [-0.3, -0.25) is 9.10 Å². The van der Waals surface area contributed by atoms with E-state index in [-0.39, 0.29) is 0 Å². The van der Waals surface area contributed by atoms with Crippen LogP contribution in [0.15, 0.2) is 48.5 Å². The molecule has 6 heteroatoms. The number of fused-ring (bicyclic) bond motifs is 1. The Hall–Kier alpha value is -2.34. The Kier molecular flexibility index (Phi) is 4.56. The van der Waals surface area contributed by atoms with Crippen LogP contribution in [0.2, 0.25) is 0 Å². The van der Waals surface area contributed by atoms with Gasteiger partial charge in [0.1, 0.15) is 0 Å². The summed E-state index contributed by atoms with van der Waals surface area (Å²) < 4.78 is 27.1. The van der Waals surface area contributed by atoms with Crippen molar-refractivity contribution in [2.45, 2.75) is 18.6 Å². The largest absolute Gasteiger partial charge is 0.348 e. The van der Waals surface area contributed by atoms with Crippen LogP contribution in [0.3, 0.4) is 0 Å². The molecule has 3 rings (SSSR count). The minimum absolute atomic E-state index is 0.376. The van der Waals surface area contributed by atoms with Crippen LogP contribution in [0, 0.1) is 0 Å². The molecule has 0 saturated heterocycles. The molecule has 1 heterocycles. The van der Waals surface area contributed by atoms with Crippen LogP contribution >= 0.6 is 0 Å². The predicted molar refractivity (Wildman–Crippen MR) is 100 cm³/mol. The lowest BCUT2D eigenvalue weighted by atomic mass is 10.0. The molecule has 0 bridgehead atoms. The molecule has 0 aromatic heterocycles. The fourth-order valence-corrected chi connectivity index (χ4v) is 4.77. The van der Waals surface area contributed by atoms with Gasteiger partial charge in [-0.25, -0.2) is 8.42 Å². The summed E-state index contributed by atoms with van der Waals surface area (Å²) in [6, 6.07) is 15.8. The number of rotatable bonds is 4. The van der Waals surface area contributed by atoms with Crippen LogP contribution in [-0.2, 0) is 21.2 Å². The molecule has 1 atom stereocenters. The second-order valence-corrected chi connectivity index (χ2v) is 8.63. The summed E-state index contributed by atoms with van der Waals surface area (Å²) in [5, 5.41) is -1.10. The second-order valence-electron chi connectivity index (χ2n) is 6.45. The molecule has 2 aromatic carbocycles. The molecule has 1 aliphatic heterocycles. The minimum atomic E-state index is -3.73. The molecule has 0 aliphatic carbocycles. The molecule has 1 aliphatic rings. The Bertz CT molecular complexity index is 892. The average Bonchev–Trinajstić information content (AvgIpc) is 3.05. The molecule has 0 spiro atoms. The van der Waals surface area contributed by atoms with Crippen LogP contribution in [0.4, 0.5) is 5.69 Å². The van der Waals surface area contributed by atoms with E-state index in [0.717, 1.165) is 16.7 Å². The van der Waals surface area contributed by atoms with Crippen LogP contribution in [0.1, 0.15) is 12.5 Å². The van der Waals surface area contributed by atoms with E-state index in [1.54, 1.807) is 14.1 Å². The van der Waals surface area contributed by atoms with Crippen molar-refractivity contribution in [3.05, 3.63) is 54.1 Å². The first-order valence-corrected chi connectivity index (χ1v) is 9.74. The van der Waals surface area contributed by atoms with Crippen molar-refractivity contribution < 1.29 is 13.2 Å². The van der Waals surface area contributed by atoms with Crippen LogP contribution in [0.5, 0.6) is 0 Å². The summed E-state index contributed by atoms with van der Waals surface area (Å²) in [5.74, 6) is -0.408. The maximum atomic E-state index is 12.9. The number of hydrogen-bond acceptors (Lipinski definition) is 3. The smallest absolute Gasteiger partial charge is 0.246 e. The number of anilines is 1. The van der Waals surface area contributed by atoms with Crippen molar-refractivity contribution in [3.8, 4) is 11.1 Å². The van der Waals surface area contributed by atoms with Crippen LogP contribution < -0.4 is 4.31 Å². The van der Waals surface area contributed by atoms with Gasteiger partial charge in [-0.15, -0.1) is 0 Å². The van der Waals surface area contributed by atoms with Gasteiger partial charge in [0, 0.05) is 20.6 Å². The van der Waals surface area contributed by atoms with Crippen LogP contribution in [-0.4, -0.2) is 45.1 Å². The third kappa shape index (κ3) is 3.14. The van der Waals surface area contributed by atoms with Crippen molar-refractivity contribution in [3.63, 3.8) is 0 Å². The Morgan fingerprint density at radius 3 is 2.40 bits per heavy atom. The molecule has 0 fully saturated rings. The quantitative estimate of drug-likeness (QED) is 0.844. The van der Waals surface area contributed by atoms with Crippen LogP contribution in [0.25, 0.3) is 11.1 Å². The molecule has 1 unspecified atom stereocenters. The van der Waals surface area contributed by atoms with Gasteiger partial charge in [0.25, 0.3) is 0 Å². The van der Waals surface area contributed by atoms with E-state index in [1.165, 1.54) is 16.1 Å². The van der Waals surface area contributed by atoms with E-state index >= 15 is 0 Å². The predicted octanol–water partition coefficient (Wildman–Crippen LogP) is 2.52. The number of hydrogen-bond donors (Lipinski definition) is 0. The Balaban J connectivity index is 1.94. The van der Waals surface area contributed by atoms with Gasteiger partial charge >= 0.3 is 0 Å². The fourth-order valence-electron chi connectivity index (χ4n) is 3.13. The molecule has 25 heavy (non-hydrogen) atoms. The maximum Gasteiger partial charge on any atom is 0.246 e. The number of benzene rings is 2. The van der Waals surface area contributed by atoms with Crippen molar-refractivity contribution in [1.82, 2.24) is 4.90 Å². The third-order valence-electron chi connectivity index (χ3n) is 4.58. The molecule has 0 radical (unpaired) electrons. The van der Waals surface area contributed by atoms with Crippen molar-refractivity contribution >= 4 is 21.6 Å². The van der Waals surface area contributed by atoms with Gasteiger partial charge in [0.05, 0.1) is 5.69 Å². The zero-order chi connectivity index (χ0) is 18.2. The first kappa shape index (κ1) is 17.5. The zero-order valence-corrected chi connectivity index (χ0v) is 15.5. The van der Waals surface area contributed by atoms with Gasteiger partial charge < -0.3 is 4.90 Å². The summed E-state index contributed by atoms with van der Waals surface area (Å²) in [4.78, 5) is 13.4. The maximum absolute atomic E-state index is 12.9. The second kappa shape index (κ2) is 6.52. The lowest BCUT2D eigenvalue weighted by molar-refractivity contribution is -0.127. The molecule has 132 valence electrons. The van der Waals surface area contributed by atoms with Gasteiger partial charge in [-0.2, -0.15) is 0 Å². The summed E-state index contributed by atoms with van der Waals surface area (Å²) in [6.45, 7) is 1.83. The Morgan fingerprint density at radius 2 is 1.76 bits per heavy atom. The van der Waals surface area contributed by atoms with Gasteiger partial charge in [-0.05, 0) is 42.2 Å². The summed E-state index contributed by atoms with van der Waals surface area (Å²) >= 11 is 0. The highest BCUT2D eigenvalue weighted by atomic mass is 32.2. The standard InChI is InChI=1S/C19H22N2O3S/c1-14(19(22)20(2)3)25(23,24)21-12-11-17-13-16(9-10-18(17)21)15-7-5-4-6-8-15/h4-10,13-14H,11-12H2,1-3H3. The zero-order valence-electron chi connectivity index (χ0n) is 14.6. The number of amides is 1. The van der Waals surface area contributed by atoms with Gasteiger partial charge in [-0.1, -0.05) is 36.4 Å². The van der Waals surface area contributed by atoms with E-state index < -0.39 is 21.2 Å². The average molecular weight is 358 g/mol. The highest BCUT2D eigenvalue weighted by Gasteiger charge is 2.38. The van der Waals surface area contributed by atoms with E-state index in [1.807, 2.05) is 48.5 Å². The summed E-state index contributed by atoms with van der Waals surface area (Å²) in [6.07, 6.45) is 0.651. The van der Waals surface area contributed by atoms with E-state index in [4.69, 9.17) is 0 Å². The minimum Gasteiger partial charge on any atom is -0.348 e. The van der Waals surface area contributed by atoms with E-state index in [0.29, 0.717) is 18.7 Å². The van der Waals surface area contributed by atoms with Gasteiger partial charge in [0.2, 0.25) is 15.9 Å². The van der Waals surface area contributed by atoms with E-state index in [2.05, 4.69) is 0 Å². The van der Waals surface area contributed by atoms with Crippen molar-refractivity contribution in [1.29, 1.82) is 0 Å². The Labute approximate surface area is 148 Å². The third-order valence-corrected chi connectivity index (χ3v) is 6.67. The lowest BCUT2D eigenvalue weighted by Gasteiger charge is -2.25. The normalized spacial score (nSPS) is 14.9. The molecule has 2 aromatic rings. The molecule has 0 N–H and O–H groups in total. The molecule has 5 nitrogen and oxygen atoms in total. The van der Waals surface area contributed by atoms with Gasteiger partial charge in [0.15, 0.2) is 5.25 Å². The molecular formula is C19H22N2O3S. The highest BCUT2D eigenvalue weighted by Crippen LogP contribution is 2.35. The Morgan fingerprint density at radius 1 is 1.08 bits per heavy atom. The lowest BCUT2D eigenvalue weighted by Crippen LogP contribution is -2.44. The number of carbonyl (C=O) groups is 1. The van der Waals surface area contributed by atoms with E-state index in [9.17, 15) is 13.2 Å². The fraction of sp³-hybridized carbons (Fsp3) is 0.316. The van der Waals surface area contributed by atoms with Crippen molar-refractivity contribution in [2.24, 2.45) is 0 Å². The van der Waals surface area contributed by atoms with Crippen molar-refractivity contribution in [2.75, 3.05) is 24.9 Å². The first-order valence-electron chi connectivity index (χ1n) is 8.23. The topological polar surface area (TPSA) is 57.7 Å². The SMILES string of the molecule is CC(C(=O)N(C)C)S(=O)(=O)N1CCc2cc(-c3ccccc3)ccc21. The number of sulfonamides is 1. The monoisotopic (exact) mass is 358 g/mol. The first-order chi connectivity index (χ1) is 11.8. The number of nitrogens with zero attached hydrogens (tertiary/aromatic N) is 2. The summed E-state index contributed by atoms with van der Waals surface area (Å²) in [7, 11) is -0.596. The molecule has 0 saturated carbocycles. The highest BCUT2D eigenvalue weighted by molar-refractivity contribution is 7.94.